The molecule has 2 N–H and O–H groups in total. The Balaban J connectivity index is 2.02. The largest absolute Gasteiger partial charge is 0.488 e. The standard InChI is InChI=1S/C12H15NO2S/c13-12(16)9-3-1-4-10(7-9)15-11-5-2-6-14-8-11/h1,3-4,7,11H,2,5-6,8H2,(H2,13,16). The van der Waals surface area contributed by atoms with E-state index in [0.29, 0.717) is 11.6 Å². The van der Waals surface area contributed by atoms with Crippen LogP contribution in [0.2, 0.25) is 0 Å². The summed E-state index contributed by atoms with van der Waals surface area (Å²) in [5.74, 6) is 0.806. The van der Waals surface area contributed by atoms with Gasteiger partial charge in [-0.2, -0.15) is 0 Å². The van der Waals surface area contributed by atoms with E-state index in [9.17, 15) is 0 Å². The van der Waals surface area contributed by atoms with Gasteiger partial charge in [-0.1, -0.05) is 24.4 Å². The Kier molecular flexibility index (Phi) is 3.74. The maximum Gasteiger partial charge on any atom is 0.122 e. The second kappa shape index (κ2) is 5.27. The lowest BCUT2D eigenvalue weighted by molar-refractivity contribution is 0.00743. The second-order valence-electron chi connectivity index (χ2n) is 3.85. The molecule has 0 amide bonds. The van der Waals surface area contributed by atoms with Gasteiger partial charge in [0.1, 0.15) is 16.8 Å². The van der Waals surface area contributed by atoms with Gasteiger partial charge in [0, 0.05) is 12.2 Å². The molecule has 1 aliphatic rings. The Hall–Kier alpha value is -1.13. The molecule has 16 heavy (non-hydrogen) atoms. The zero-order chi connectivity index (χ0) is 11.4. The molecule has 1 unspecified atom stereocenters. The topological polar surface area (TPSA) is 44.5 Å². The minimum Gasteiger partial charge on any atom is -0.488 e. The Bertz CT molecular complexity index is 375. The molecular weight excluding hydrogens is 222 g/mol. The van der Waals surface area contributed by atoms with Crippen LogP contribution in [-0.4, -0.2) is 24.3 Å². The predicted molar refractivity (Wildman–Crippen MR) is 66.8 cm³/mol. The SMILES string of the molecule is NC(=S)c1cccc(OC2CCCOC2)c1. The van der Waals surface area contributed by atoms with Crippen molar-refractivity contribution in [3.8, 4) is 5.75 Å². The maximum absolute atomic E-state index is 5.81. The van der Waals surface area contributed by atoms with Gasteiger partial charge in [-0.05, 0) is 25.0 Å². The van der Waals surface area contributed by atoms with Crippen LogP contribution in [0, 0.1) is 0 Å². The van der Waals surface area contributed by atoms with Gasteiger partial charge in [-0.15, -0.1) is 0 Å². The van der Waals surface area contributed by atoms with E-state index in [1.807, 2.05) is 24.3 Å². The first-order valence-corrected chi connectivity index (χ1v) is 5.81. The van der Waals surface area contributed by atoms with E-state index in [1.165, 1.54) is 0 Å². The van der Waals surface area contributed by atoms with Crippen LogP contribution in [0.5, 0.6) is 5.75 Å². The Morgan fingerprint density at radius 3 is 3.06 bits per heavy atom. The maximum atomic E-state index is 5.81. The molecule has 1 fully saturated rings. The molecular formula is C12H15NO2S. The highest BCUT2D eigenvalue weighted by Gasteiger charge is 2.15. The van der Waals surface area contributed by atoms with Gasteiger partial charge < -0.3 is 15.2 Å². The van der Waals surface area contributed by atoms with Gasteiger partial charge in [0.15, 0.2) is 0 Å². The Morgan fingerprint density at radius 1 is 1.50 bits per heavy atom. The van der Waals surface area contributed by atoms with Crippen LogP contribution in [0.1, 0.15) is 18.4 Å². The van der Waals surface area contributed by atoms with Crippen molar-refractivity contribution in [2.75, 3.05) is 13.2 Å². The van der Waals surface area contributed by atoms with Gasteiger partial charge in [-0.25, -0.2) is 0 Å². The highest BCUT2D eigenvalue weighted by Crippen LogP contribution is 2.18. The highest BCUT2D eigenvalue weighted by molar-refractivity contribution is 7.80. The molecule has 4 heteroatoms. The number of hydrogen-bond donors (Lipinski definition) is 1. The third-order valence-corrected chi connectivity index (χ3v) is 2.78. The molecule has 1 aromatic carbocycles. The Morgan fingerprint density at radius 2 is 2.38 bits per heavy atom. The summed E-state index contributed by atoms with van der Waals surface area (Å²) in [4.78, 5) is 0.394. The van der Waals surface area contributed by atoms with Crippen LogP contribution in [0.3, 0.4) is 0 Å². The fourth-order valence-corrected chi connectivity index (χ4v) is 1.85. The number of benzene rings is 1. The highest BCUT2D eigenvalue weighted by atomic mass is 32.1. The lowest BCUT2D eigenvalue weighted by atomic mass is 10.1. The normalized spacial score (nSPS) is 20.4. The second-order valence-corrected chi connectivity index (χ2v) is 4.29. The summed E-state index contributed by atoms with van der Waals surface area (Å²) in [6.07, 6.45) is 2.24. The minimum absolute atomic E-state index is 0.148. The van der Waals surface area contributed by atoms with Crippen LogP contribution in [0.4, 0.5) is 0 Å². The van der Waals surface area contributed by atoms with Crippen LogP contribution < -0.4 is 10.5 Å². The Labute approximate surface area is 101 Å². The molecule has 0 radical (unpaired) electrons. The number of rotatable bonds is 3. The fourth-order valence-electron chi connectivity index (χ4n) is 1.72. The van der Waals surface area contributed by atoms with Gasteiger partial charge in [0.25, 0.3) is 0 Å². The smallest absolute Gasteiger partial charge is 0.122 e. The molecule has 2 rings (SSSR count). The third-order valence-electron chi connectivity index (χ3n) is 2.54. The van der Waals surface area contributed by atoms with Crippen LogP contribution in [-0.2, 0) is 4.74 Å². The van der Waals surface area contributed by atoms with Crippen LogP contribution in [0.15, 0.2) is 24.3 Å². The first-order chi connectivity index (χ1) is 7.75. The average molecular weight is 237 g/mol. The first kappa shape index (κ1) is 11.4. The third kappa shape index (κ3) is 2.93. The minimum atomic E-state index is 0.148. The van der Waals surface area contributed by atoms with Gasteiger partial charge >= 0.3 is 0 Å². The van der Waals surface area contributed by atoms with Crippen LogP contribution in [0.25, 0.3) is 0 Å². The van der Waals surface area contributed by atoms with E-state index < -0.39 is 0 Å². The molecule has 1 aromatic rings. The van der Waals surface area contributed by atoms with Crippen molar-refractivity contribution in [2.24, 2.45) is 5.73 Å². The van der Waals surface area contributed by atoms with E-state index >= 15 is 0 Å². The predicted octanol–water partition coefficient (Wildman–Crippen LogP) is 1.88. The van der Waals surface area contributed by atoms with E-state index in [-0.39, 0.29) is 6.10 Å². The summed E-state index contributed by atoms with van der Waals surface area (Å²) in [5, 5.41) is 0. The molecule has 1 heterocycles. The molecule has 0 saturated carbocycles. The molecule has 0 aromatic heterocycles. The lowest BCUT2D eigenvalue weighted by Crippen LogP contribution is -2.28. The molecule has 1 aliphatic heterocycles. The summed E-state index contributed by atoms with van der Waals surface area (Å²) >= 11 is 4.92. The van der Waals surface area contributed by atoms with E-state index in [2.05, 4.69) is 0 Å². The number of nitrogens with two attached hydrogens (primary N) is 1. The quantitative estimate of drug-likeness (QED) is 0.815. The summed E-state index contributed by atoms with van der Waals surface area (Å²) in [7, 11) is 0. The molecule has 0 aliphatic carbocycles. The summed E-state index contributed by atoms with van der Waals surface area (Å²) < 4.78 is 11.2. The zero-order valence-electron chi connectivity index (χ0n) is 9.02. The first-order valence-electron chi connectivity index (χ1n) is 5.40. The van der Waals surface area contributed by atoms with E-state index in [4.69, 9.17) is 27.4 Å². The molecule has 86 valence electrons. The van der Waals surface area contributed by atoms with E-state index in [1.54, 1.807) is 0 Å². The molecule has 3 nitrogen and oxygen atoms in total. The van der Waals surface area contributed by atoms with Gasteiger partial charge in [0.05, 0.1) is 6.61 Å². The fraction of sp³-hybridized carbons (Fsp3) is 0.417. The summed E-state index contributed by atoms with van der Waals surface area (Å²) in [5.41, 5.74) is 6.40. The molecule has 0 bridgehead atoms. The molecule has 1 saturated heterocycles. The van der Waals surface area contributed by atoms with Crippen molar-refractivity contribution in [1.82, 2.24) is 0 Å². The number of hydrogen-bond acceptors (Lipinski definition) is 3. The van der Waals surface area contributed by atoms with Crippen molar-refractivity contribution in [3.05, 3.63) is 29.8 Å². The summed E-state index contributed by atoms with van der Waals surface area (Å²) in [6.45, 7) is 1.50. The van der Waals surface area contributed by atoms with Gasteiger partial charge in [-0.3, -0.25) is 0 Å². The average Bonchev–Trinajstić information content (AvgIpc) is 2.30. The molecule has 0 spiro atoms. The lowest BCUT2D eigenvalue weighted by Gasteiger charge is -2.23. The monoisotopic (exact) mass is 237 g/mol. The van der Waals surface area contributed by atoms with Crippen molar-refractivity contribution in [3.63, 3.8) is 0 Å². The molecule has 1 atom stereocenters. The number of thiocarbonyl (C=S) groups is 1. The van der Waals surface area contributed by atoms with Crippen LogP contribution >= 0.6 is 12.2 Å². The zero-order valence-corrected chi connectivity index (χ0v) is 9.83. The summed E-state index contributed by atoms with van der Waals surface area (Å²) in [6, 6.07) is 7.56. The van der Waals surface area contributed by atoms with Gasteiger partial charge in [0.2, 0.25) is 0 Å². The van der Waals surface area contributed by atoms with Crippen molar-refractivity contribution < 1.29 is 9.47 Å². The van der Waals surface area contributed by atoms with Crippen molar-refractivity contribution >= 4 is 17.2 Å². The number of ether oxygens (including phenoxy) is 2. The van der Waals surface area contributed by atoms with Crippen molar-refractivity contribution in [1.29, 1.82) is 0 Å². The van der Waals surface area contributed by atoms with Crippen molar-refractivity contribution in [2.45, 2.75) is 18.9 Å². The van der Waals surface area contributed by atoms with E-state index in [0.717, 1.165) is 30.8 Å².